The second-order valence-electron chi connectivity index (χ2n) is 4.17. The molecular weight excluding hydrogens is 327 g/mol. The Bertz CT molecular complexity index is 490. The second-order valence-corrected chi connectivity index (χ2v) is 5.02. The normalized spacial score (nSPS) is 16.6. The van der Waals surface area contributed by atoms with E-state index in [9.17, 15) is 18.0 Å². The molecule has 19 heavy (non-hydrogen) atoms. The summed E-state index contributed by atoms with van der Waals surface area (Å²) in [4.78, 5) is 13.3. The minimum Gasteiger partial charge on any atom is -0.405 e. The third-order valence-corrected chi connectivity index (χ3v) is 3.40. The predicted octanol–water partition coefficient (Wildman–Crippen LogP) is 3.86. The summed E-state index contributed by atoms with van der Waals surface area (Å²) in [5, 5.41) is 0. The van der Waals surface area contributed by atoms with Gasteiger partial charge in [-0.15, -0.1) is 13.2 Å². The van der Waals surface area contributed by atoms with E-state index in [1.807, 2.05) is 0 Å². The van der Waals surface area contributed by atoms with Crippen molar-refractivity contribution < 1.29 is 22.7 Å². The lowest BCUT2D eigenvalue weighted by molar-refractivity contribution is -0.274. The van der Waals surface area contributed by atoms with Crippen LogP contribution in [0.5, 0.6) is 5.75 Å². The number of hydrogen-bond donors (Lipinski definition) is 0. The van der Waals surface area contributed by atoms with Gasteiger partial charge in [-0.2, -0.15) is 0 Å². The molecule has 1 heterocycles. The molecule has 104 valence electrons. The van der Waals surface area contributed by atoms with Crippen molar-refractivity contribution in [2.45, 2.75) is 25.6 Å². The first-order chi connectivity index (χ1) is 8.87. The number of carbonyl (C=O) groups excluding carboxylic acids is 1. The van der Waals surface area contributed by atoms with E-state index in [1.54, 1.807) is 4.90 Å². The van der Waals surface area contributed by atoms with Crippen molar-refractivity contribution in [2.75, 3.05) is 11.4 Å². The van der Waals surface area contributed by atoms with Crippen LogP contribution in [0.1, 0.15) is 19.3 Å². The molecule has 2 rings (SSSR count). The maximum absolute atomic E-state index is 12.1. The molecule has 7 heteroatoms. The third kappa shape index (κ3) is 3.62. The number of hydrogen-bond acceptors (Lipinski definition) is 2. The Labute approximate surface area is 116 Å². The number of carbonyl (C=O) groups is 1. The molecule has 1 saturated heterocycles. The lowest BCUT2D eigenvalue weighted by Crippen LogP contribution is -2.35. The average molecular weight is 338 g/mol. The summed E-state index contributed by atoms with van der Waals surface area (Å²) < 4.78 is 40.4. The number of piperidine rings is 1. The van der Waals surface area contributed by atoms with Gasteiger partial charge < -0.3 is 9.64 Å². The van der Waals surface area contributed by atoms with E-state index in [4.69, 9.17) is 0 Å². The van der Waals surface area contributed by atoms with Crippen molar-refractivity contribution in [2.24, 2.45) is 0 Å². The van der Waals surface area contributed by atoms with Crippen LogP contribution in [-0.2, 0) is 4.79 Å². The first-order valence-electron chi connectivity index (χ1n) is 5.72. The van der Waals surface area contributed by atoms with E-state index in [0.29, 0.717) is 18.7 Å². The Morgan fingerprint density at radius 3 is 2.58 bits per heavy atom. The van der Waals surface area contributed by atoms with E-state index in [1.165, 1.54) is 18.2 Å². The van der Waals surface area contributed by atoms with Crippen molar-refractivity contribution in [1.29, 1.82) is 0 Å². The number of anilines is 1. The first-order valence-corrected chi connectivity index (χ1v) is 6.52. The van der Waals surface area contributed by atoms with Crippen LogP contribution >= 0.6 is 15.9 Å². The molecule has 1 aromatic rings. The van der Waals surface area contributed by atoms with Gasteiger partial charge in [0, 0.05) is 18.7 Å². The lowest BCUT2D eigenvalue weighted by Gasteiger charge is -2.27. The van der Waals surface area contributed by atoms with Crippen molar-refractivity contribution >= 4 is 27.5 Å². The van der Waals surface area contributed by atoms with Gasteiger partial charge in [0.1, 0.15) is 5.75 Å². The Kier molecular flexibility index (Phi) is 4.03. The van der Waals surface area contributed by atoms with Gasteiger partial charge in [0.25, 0.3) is 0 Å². The minimum atomic E-state index is -4.73. The maximum atomic E-state index is 12.1. The van der Waals surface area contributed by atoms with E-state index in [2.05, 4.69) is 20.7 Å². The molecular formula is C12H11BrF3NO2. The summed E-state index contributed by atoms with van der Waals surface area (Å²) in [6.45, 7) is 0.588. The zero-order valence-electron chi connectivity index (χ0n) is 9.84. The largest absolute Gasteiger partial charge is 0.573 e. The highest BCUT2D eigenvalue weighted by Crippen LogP contribution is 2.34. The highest BCUT2D eigenvalue weighted by Gasteiger charge is 2.32. The summed E-state index contributed by atoms with van der Waals surface area (Å²) in [5.74, 6) is -0.330. The highest BCUT2D eigenvalue weighted by atomic mass is 79.9. The van der Waals surface area contributed by atoms with Gasteiger partial charge in [-0.3, -0.25) is 4.79 Å². The van der Waals surface area contributed by atoms with Crippen molar-refractivity contribution in [3.8, 4) is 5.75 Å². The molecule has 1 fully saturated rings. The van der Waals surface area contributed by atoms with Gasteiger partial charge in [0.15, 0.2) is 0 Å². The zero-order chi connectivity index (χ0) is 14.0. The molecule has 0 unspecified atom stereocenters. The van der Waals surface area contributed by atoms with Crippen LogP contribution in [-0.4, -0.2) is 18.8 Å². The number of halogens is 4. The monoisotopic (exact) mass is 337 g/mol. The molecule has 0 saturated carbocycles. The Balaban J connectivity index is 2.21. The van der Waals surface area contributed by atoms with Gasteiger partial charge in [0.05, 0.1) is 4.47 Å². The molecule has 3 nitrogen and oxygen atoms in total. The average Bonchev–Trinajstić information content (AvgIpc) is 2.31. The van der Waals surface area contributed by atoms with Gasteiger partial charge in [-0.1, -0.05) is 0 Å². The fourth-order valence-electron chi connectivity index (χ4n) is 1.94. The van der Waals surface area contributed by atoms with Crippen LogP contribution < -0.4 is 9.64 Å². The zero-order valence-corrected chi connectivity index (χ0v) is 11.4. The molecule has 1 aliphatic heterocycles. The van der Waals surface area contributed by atoms with E-state index < -0.39 is 6.36 Å². The molecule has 0 N–H and O–H groups in total. The predicted molar refractivity (Wildman–Crippen MR) is 67.0 cm³/mol. The van der Waals surface area contributed by atoms with Crippen molar-refractivity contribution in [1.82, 2.24) is 0 Å². The summed E-state index contributed by atoms with van der Waals surface area (Å²) in [5.41, 5.74) is 0.575. The lowest BCUT2D eigenvalue weighted by atomic mass is 10.1. The smallest absolute Gasteiger partial charge is 0.405 e. The summed E-state index contributed by atoms with van der Waals surface area (Å²) in [6.07, 6.45) is -2.51. The van der Waals surface area contributed by atoms with E-state index in [0.717, 1.165) is 12.8 Å². The fourth-order valence-corrected chi connectivity index (χ4v) is 2.39. The summed E-state index contributed by atoms with van der Waals surface area (Å²) >= 11 is 3.02. The molecule has 0 aliphatic carbocycles. The van der Waals surface area contributed by atoms with Crippen LogP contribution in [0.15, 0.2) is 22.7 Å². The van der Waals surface area contributed by atoms with Gasteiger partial charge in [-0.25, -0.2) is 0 Å². The molecule has 0 bridgehead atoms. The van der Waals surface area contributed by atoms with E-state index in [-0.39, 0.29) is 16.1 Å². The molecule has 1 aromatic carbocycles. The van der Waals surface area contributed by atoms with Crippen molar-refractivity contribution in [3.05, 3.63) is 22.7 Å². The standard InChI is InChI=1S/C12H11BrF3NO2/c13-9-7-8(17-6-2-1-3-11(17)18)4-5-10(9)19-12(14,15)16/h4-5,7H,1-3,6H2. The maximum Gasteiger partial charge on any atom is 0.573 e. The Morgan fingerprint density at radius 2 is 2.00 bits per heavy atom. The summed E-state index contributed by atoms with van der Waals surface area (Å²) in [6, 6.07) is 4.12. The minimum absolute atomic E-state index is 0.0114. The summed E-state index contributed by atoms with van der Waals surface area (Å²) in [7, 11) is 0. The fraction of sp³-hybridized carbons (Fsp3) is 0.417. The highest BCUT2D eigenvalue weighted by molar-refractivity contribution is 9.10. The quantitative estimate of drug-likeness (QED) is 0.819. The number of benzene rings is 1. The van der Waals surface area contributed by atoms with Crippen LogP contribution in [0.4, 0.5) is 18.9 Å². The molecule has 0 spiro atoms. The number of nitrogens with zero attached hydrogens (tertiary/aromatic N) is 1. The Morgan fingerprint density at radius 1 is 1.26 bits per heavy atom. The first kappa shape index (κ1) is 14.2. The molecule has 0 radical (unpaired) electrons. The molecule has 0 aromatic heterocycles. The number of ether oxygens (including phenoxy) is 1. The SMILES string of the molecule is O=C1CCCCN1c1ccc(OC(F)(F)F)c(Br)c1. The van der Waals surface area contributed by atoms with Crippen LogP contribution in [0, 0.1) is 0 Å². The molecule has 0 atom stereocenters. The second kappa shape index (κ2) is 5.40. The van der Waals surface area contributed by atoms with Gasteiger partial charge >= 0.3 is 6.36 Å². The van der Waals surface area contributed by atoms with Crippen LogP contribution in [0.25, 0.3) is 0 Å². The number of alkyl halides is 3. The molecule has 1 aliphatic rings. The number of amides is 1. The number of rotatable bonds is 2. The van der Waals surface area contributed by atoms with Crippen LogP contribution in [0.3, 0.4) is 0 Å². The van der Waals surface area contributed by atoms with Crippen molar-refractivity contribution in [3.63, 3.8) is 0 Å². The Hall–Kier alpha value is -1.24. The third-order valence-electron chi connectivity index (χ3n) is 2.78. The van der Waals surface area contributed by atoms with Gasteiger partial charge in [0.2, 0.25) is 5.91 Å². The topological polar surface area (TPSA) is 29.5 Å². The van der Waals surface area contributed by atoms with E-state index >= 15 is 0 Å². The molecule has 1 amide bonds. The van der Waals surface area contributed by atoms with Gasteiger partial charge in [-0.05, 0) is 47.0 Å². The van der Waals surface area contributed by atoms with Crippen LogP contribution in [0.2, 0.25) is 0 Å².